The van der Waals surface area contributed by atoms with E-state index in [1.807, 2.05) is 0 Å². The van der Waals surface area contributed by atoms with Crippen LogP contribution in [0.3, 0.4) is 0 Å². The lowest BCUT2D eigenvalue weighted by Crippen LogP contribution is -2.26. The van der Waals surface area contributed by atoms with Gasteiger partial charge in [0.2, 0.25) is 0 Å². The van der Waals surface area contributed by atoms with Crippen LogP contribution < -0.4 is 14.8 Å². The Bertz CT molecular complexity index is 467. The van der Waals surface area contributed by atoms with Gasteiger partial charge in [-0.15, -0.1) is 0 Å². The molecule has 0 saturated heterocycles. The number of fused-ring (bicyclic) bond motifs is 1. The molecule has 0 unspecified atom stereocenters. The Balaban J connectivity index is 2.57. The number of nitrogens with one attached hydrogen (secondary N) is 1. The molecule has 0 fully saturated rings. The van der Waals surface area contributed by atoms with E-state index in [2.05, 4.69) is 5.32 Å². The maximum Gasteiger partial charge on any atom is 0.262 e. The largest absolute Gasteiger partial charge is 0.497 e. The van der Waals surface area contributed by atoms with Gasteiger partial charge in [-0.2, -0.15) is 0 Å². The van der Waals surface area contributed by atoms with E-state index in [0.717, 1.165) is 0 Å². The van der Waals surface area contributed by atoms with E-state index >= 15 is 0 Å². The van der Waals surface area contributed by atoms with Gasteiger partial charge >= 0.3 is 0 Å². The average molecular weight is 221 g/mol. The van der Waals surface area contributed by atoms with Gasteiger partial charge in [0.15, 0.2) is 18.1 Å². The predicted octanol–water partition coefficient (Wildman–Crippen LogP) is 1.23. The van der Waals surface area contributed by atoms with Gasteiger partial charge in [-0.1, -0.05) is 0 Å². The van der Waals surface area contributed by atoms with Crippen molar-refractivity contribution >= 4 is 17.4 Å². The van der Waals surface area contributed by atoms with Gasteiger partial charge in [-0.3, -0.25) is 9.59 Å². The third kappa shape index (κ3) is 1.71. The summed E-state index contributed by atoms with van der Waals surface area (Å²) in [6.07, 6.45) is 0. The maximum absolute atomic E-state index is 11.4. The molecule has 1 heterocycles. The quantitative estimate of drug-likeness (QED) is 0.763. The van der Waals surface area contributed by atoms with Crippen molar-refractivity contribution in [2.24, 2.45) is 0 Å². The fraction of sp³-hybridized carbons (Fsp3) is 0.273. The number of anilines is 1. The minimum absolute atomic E-state index is 0.0698. The maximum atomic E-state index is 11.4. The molecule has 1 aromatic carbocycles. The normalized spacial score (nSPS) is 13.5. The van der Waals surface area contributed by atoms with Crippen LogP contribution in [0.5, 0.6) is 11.5 Å². The molecule has 16 heavy (non-hydrogen) atoms. The number of hydrogen-bond donors (Lipinski definition) is 1. The molecule has 0 aromatic heterocycles. The van der Waals surface area contributed by atoms with Crippen molar-refractivity contribution in [3.8, 4) is 11.5 Å². The summed E-state index contributed by atoms with van der Waals surface area (Å²) in [6, 6.07) is 3.22. The lowest BCUT2D eigenvalue weighted by atomic mass is 10.1. The van der Waals surface area contributed by atoms with Crippen molar-refractivity contribution in [2.45, 2.75) is 6.92 Å². The molecule has 1 N–H and O–H groups in total. The molecule has 1 aromatic rings. The number of carbonyl (C=O) groups is 2. The standard InChI is InChI=1S/C11H11NO4/c1-6(13)8-3-7(15-2)4-9-11(8)16-5-10(14)12-9/h3-4H,5H2,1-2H3,(H,12,14). The van der Waals surface area contributed by atoms with E-state index in [0.29, 0.717) is 22.7 Å². The van der Waals surface area contributed by atoms with Crippen molar-refractivity contribution in [1.29, 1.82) is 0 Å². The first-order chi connectivity index (χ1) is 7.61. The van der Waals surface area contributed by atoms with E-state index in [1.165, 1.54) is 14.0 Å². The number of methoxy groups -OCH3 is 1. The van der Waals surface area contributed by atoms with Crippen LogP contribution >= 0.6 is 0 Å². The summed E-state index contributed by atoms with van der Waals surface area (Å²) in [5.74, 6) is 0.546. The van der Waals surface area contributed by atoms with Crippen LogP contribution in [0.15, 0.2) is 12.1 Å². The average Bonchev–Trinajstić information content (AvgIpc) is 2.26. The first-order valence-corrected chi connectivity index (χ1v) is 4.77. The van der Waals surface area contributed by atoms with Gasteiger partial charge in [-0.25, -0.2) is 0 Å². The van der Waals surface area contributed by atoms with Crippen molar-refractivity contribution in [2.75, 3.05) is 19.0 Å². The van der Waals surface area contributed by atoms with Crippen molar-refractivity contribution in [3.05, 3.63) is 17.7 Å². The highest BCUT2D eigenvalue weighted by Crippen LogP contribution is 2.36. The second-order valence-corrected chi connectivity index (χ2v) is 3.44. The monoisotopic (exact) mass is 221 g/mol. The fourth-order valence-corrected chi connectivity index (χ4v) is 1.55. The topological polar surface area (TPSA) is 64.6 Å². The molecule has 5 nitrogen and oxygen atoms in total. The Kier molecular flexibility index (Phi) is 2.52. The van der Waals surface area contributed by atoms with Crippen LogP contribution in [0.1, 0.15) is 17.3 Å². The molecule has 0 saturated carbocycles. The number of ether oxygens (including phenoxy) is 2. The number of benzene rings is 1. The SMILES string of the molecule is COc1cc2c(c(C(C)=O)c1)OCC(=O)N2. The molecule has 0 bridgehead atoms. The Morgan fingerprint density at radius 3 is 2.88 bits per heavy atom. The molecule has 2 rings (SSSR count). The van der Waals surface area contributed by atoms with Crippen LogP contribution in [-0.2, 0) is 4.79 Å². The zero-order valence-corrected chi connectivity index (χ0v) is 8.99. The van der Waals surface area contributed by atoms with E-state index in [1.54, 1.807) is 12.1 Å². The number of carbonyl (C=O) groups excluding carboxylic acids is 2. The van der Waals surface area contributed by atoms with Crippen LogP contribution in [-0.4, -0.2) is 25.4 Å². The van der Waals surface area contributed by atoms with Gasteiger partial charge < -0.3 is 14.8 Å². The summed E-state index contributed by atoms with van der Waals surface area (Å²) >= 11 is 0. The molecule has 0 radical (unpaired) electrons. The fourth-order valence-electron chi connectivity index (χ4n) is 1.55. The van der Waals surface area contributed by atoms with Crippen molar-refractivity contribution < 1.29 is 19.1 Å². The Labute approximate surface area is 92.4 Å². The molecule has 1 amide bonds. The molecular formula is C11H11NO4. The van der Waals surface area contributed by atoms with Crippen molar-refractivity contribution in [3.63, 3.8) is 0 Å². The number of ketones is 1. The van der Waals surface area contributed by atoms with Crippen LogP contribution in [0.25, 0.3) is 0 Å². The van der Waals surface area contributed by atoms with E-state index in [4.69, 9.17) is 9.47 Å². The van der Waals surface area contributed by atoms with E-state index < -0.39 is 0 Å². The Morgan fingerprint density at radius 1 is 1.50 bits per heavy atom. The summed E-state index contributed by atoms with van der Waals surface area (Å²) in [4.78, 5) is 22.6. The molecular weight excluding hydrogens is 210 g/mol. The third-order valence-electron chi connectivity index (χ3n) is 2.30. The van der Waals surface area contributed by atoms with Gasteiger partial charge in [-0.05, 0) is 13.0 Å². The Hall–Kier alpha value is -2.04. The molecule has 0 atom stereocenters. The minimum Gasteiger partial charge on any atom is -0.497 e. The van der Waals surface area contributed by atoms with Crippen LogP contribution in [0.2, 0.25) is 0 Å². The van der Waals surface area contributed by atoms with E-state index in [-0.39, 0.29) is 18.3 Å². The number of Topliss-reactive ketones (excluding diaryl/α,β-unsaturated/α-hetero) is 1. The Morgan fingerprint density at radius 2 is 2.25 bits per heavy atom. The smallest absolute Gasteiger partial charge is 0.262 e. The molecule has 1 aliphatic rings. The molecule has 1 aliphatic heterocycles. The summed E-state index contributed by atoms with van der Waals surface area (Å²) in [7, 11) is 1.50. The number of rotatable bonds is 2. The zero-order valence-electron chi connectivity index (χ0n) is 8.99. The second-order valence-electron chi connectivity index (χ2n) is 3.44. The summed E-state index contributed by atoms with van der Waals surface area (Å²) in [5, 5.41) is 2.63. The van der Waals surface area contributed by atoms with Gasteiger partial charge in [0.1, 0.15) is 5.75 Å². The zero-order chi connectivity index (χ0) is 11.7. The minimum atomic E-state index is -0.241. The summed E-state index contributed by atoms with van der Waals surface area (Å²) in [5.41, 5.74) is 0.884. The highest BCUT2D eigenvalue weighted by Gasteiger charge is 2.22. The highest BCUT2D eigenvalue weighted by atomic mass is 16.5. The third-order valence-corrected chi connectivity index (χ3v) is 2.30. The van der Waals surface area contributed by atoms with Gasteiger partial charge in [0, 0.05) is 6.07 Å². The first-order valence-electron chi connectivity index (χ1n) is 4.77. The predicted molar refractivity (Wildman–Crippen MR) is 57.1 cm³/mol. The molecule has 84 valence electrons. The van der Waals surface area contributed by atoms with Crippen molar-refractivity contribution in [1.82, 2.24) is 0 Å². The lowest BCUT2D eigenvalue weighted by Gasteiger charge is -2.20. The van der Waals surface area contributed by atoms with E-state index in [9.17, 15) is 9.59 Å². The summed E-state index contributed by atoms with van der Waals surface area (Å²) in [6.45, 7) is 1.37. The summed E-state index contributed by atoms with van der Waals surface area (Å²) < 4.78 is 10.3. The lowest BCUT2D eigenvalue weighted by molar-refractivity contribution is -0.118. The van der Waals surface area contributed by atoms with Crippen LogP contribution in [0.4, 0.5) is 5.69 Å². The first kappa shape index (κ1) is 10.5. The second kappa shape index (κ2) is 3.84. The molecule has 0 spiro atoms. The molecule has 0 aliphatic carbocycles. The number of amides is 1. The number of hydrogen-bond acceptors (Lipinski definition) is 4. The van der Waals surface area contributed by atoms with Crippen LogP contribution in [0, 0.1) is 0 Å². The van der Waals surface area contributed by atoms with Gasteiger partial charge in [0.25, 0.3) is 5.91 Å². The molecule has 5 heteroatoms. The highest BCUT2D eigenvalue weighted by molar-refractivity contribution is 6.03. The van der Waals surface area contributed by atoms with Gasteiger partial charge in [0.05, 0.1) is 18.4 Å².